The maximum atomic E-state index is 10.1. The first-order chi connectivity index (χ1) is 6.09. The SMILES string of the molecule is O=[N+]([O-])CCc1ccc(Cl)c(Cl)c1. The Balaban J connectivity index is 2.68. The predicted octanol–water partition coefficient (Wildman–Crippen LogP) is 2.81. The highest BCUT2D eigenvalue weighted by atomic mass is 35.5. The maximum absolute atomic E-state index is 10.1. The molecular formula is C8H7Cl2NO2. The first-order valence-corrected chi connectivity index (χ1v) is 4.41. The molecule has 0 atom stereocenters. The Bertz CT molecular complexity index is 328. The molecule has 0 unspecified atom stereocenters. The lowest BCUT2D eigenvalue weighted by atomic mass is 10.1. The number of hydrogen-bond acceptors (Lipinski definition) is 2. The van der Waals surface area contributed by atoms with E-state index in [1.807, 2.05) is 0 Å². The van der Waals surface area contributed by atoms with Gasteiger partial charge in [-0.15, -0.1) is 0 Å². The fraction of sp³-hybridized carbons (Fsp3) is 0.250. The first kappa shape index (κ1) is 10.3. The molecule has 0 saturated carbocycles. The van der Waals surface area contributed by atoms with E-state index in [9.17, 15) is 10.1 Å². The topological polar surface area (TPSA) is 43.1 Å². The van der Waals surface area contributed by atoms with Gasteiger partial charge in [0, 0.05) is 11.3 Å². The van der Waals surface area contributed by atoms with Crippen LogP contribution in [0.5, 0.6) is 0 Å². The second-order valence-electron chi connectivity index (χ2n) is 2.55. The van der Waals surface area contributed by atoms with Gasteiger partial charge in [0.2, 0.25) is 6.54 Å². The molecule has 3 nitrogen and oxygen atoms in total. The molecule has 0 N–H and O–H groups in total. The minimum atomic E-state index is -0.359. The van der Waals surface area contributed by atoms with E-state index < -0.39 is 0 Å². The minimum absolute atomic E-state index is 0.0854. The molecule has 0 amide bonds. The van der Waals surface area contributed by atoms with E-state index >= 15 is 0 Å². The number of benzene rings is 1. The Kier molecular flexibility index (Phi) is 3.51. The fourth-order valence-corrected chi connectivity index (χ4v) is 1.24. The standard InChI is InChI=1S/C8H7Cl2NO2/c9-7-2-1-6(5-8(7)10)3-4-11(12)13/h1-2,5H,3-4H2. The molecule has 0 radical (unpaired) electrons. The van der Waals surface area contributed by atoms with Crippen molar-refractivity contribution in [3.63, 3.8) is 0 Å². The molecule has 0 spiro atoms. The summed E-state index contributed by atoms with van der Waals surface area (Å²) in [4.78, 5) is 9.71. The zero-order valence-corrected chi connectivity index (χ0v) is 8.18. The molecule has 0 aromatic heterocycles. The number of halogens is 2. The number of hydrogen-bond donors (Lipinski definition) is 0. The van der Waals surface area contributed by atoms with E-state index in [0.29, 0.717) is 16.5 Å². The Labute approximate surface area is 85.4 Å². The molecule has 13 heavy (non-hydrogen) atoms. The third kappa shape index (κ3) is 3.20. The summed E-state index contributed by atoms with van der Waals surface area (Å²) >= 11 is 11.4. The van der Waals surface area contributed by atoms with E-state index in [-0.39, 0.29) is 11.5 Å². The number of rotatable bonds is 3. The molecular weight excluding hydrogens is 213 g/mol. The van der Waals surface area contributed by atoms with E-state index in [4.69, 9.17) is 23.2 Å². The molecule has 1 aromatic carbocycles. The van der Waals surface area contributed by atoms with Crippen molar-refractivity contribution in [2.45, 2.75) is 6.42 Å². The monoisotopic (exact) mass is 219 g/mol. The lowest BCUT2D eigenvalue weighted by molar-refractivity contribution is -0.479. The summed E-state index contributed by atoms with van der Waals surface area (Å²) in [6.07, 6.45) is 0.379. The van der Waals surface area contributed by atoms with Gasteiger partial charge in [-0.05, 0) is 17.7 Å². The van der Waals surface area contributed by atoms with Gasteiger partial charge >= 0.3 is 0 Å². The van der Waals surface area contributed by atoms with Gasteiger partial charge in [0.05, 0.1) is 10.0 Å². The van der Waals surface area contributed by atoms with Crippen LogP contribution in [0.2, 0.25) is 10.0 Å². The summed E-state index contributed by atoms with van der Waals surface area (Å²) in [5.74, 6) is 0. The average molecular weight is 220 g/mol. The smallest absolute Gasteiger partial charge is 0.207 e. The third-order valence-electron chi connectivity index (χ3n) is 1.57. The van der Waals surface area contributed by atoms with Gasteiger partial charge in [0.25, 0.3) is 0 Å². The largest absolute Gasteiger partial charge is 0.265 e. The van der Waals surface area contributed by atoms with Crippen molar-refractivity contribution in [2.24, 2.45) is 0 Å². The van der Waals surface area contributed by atoms with Crippen LogP contribution in [-0.2, 0) is 6.42 Å². The molecule has 70 valence electrons. The van der Waals surface area contributed by atoms with E-state index in [0.717, 1.165) is 5.56 Å². The van der Waals surface area contributed by atoms with Crippen molar-refractivity contribution in [3.05, 3.63) is 43.9 Å². The average Bonchev–Trinajstić information content (AvgIpc) is 2.07. The van der Waals surface area contributed by atoms with Gasteiger partial charge in [-0.2, -0.15) is 0 Å². The lowest BCUT2D eigenvalue weighted by Crippen LogP contribution is -2.03. The first-order valence-electron chi connectivity index (χ1n) is 3.65. The molecule has 0 saturated heterocycles. The van der Waals surface area contributed by atoms with Crippen LogP contribution in [0.4, 0.5) is 0 Å². The second-order valence-corrected chi connectivity index (χ2v) is 3.37. The van der Waals surface area contributed by atoms with Crippen LogP contribution in [0.3, 0.4) is 0 Å². The van der Waals surface area contributed by atoms with E-state index in [1.54, 1.807) is 18.2 Å². The molecule has 1 aromatic rings. The van der Waals surface area contributed by atoms with Crippen LogP contribution in [0.1, 0.15) is 5.56 Å². The number of nitrogens with zero attached hydrogens (tertiary/aromatic N) is 1. The van der Waals surface area contributed by atoms with Crippen molar-refractivity contribution in [1.82, 2.24) is 0 Å². The zero-order valence-electron chi connectivity index (χ0n) is 6.67. The molecule has 0 aliphatic rings. The highest BCUT2D eigenvalue weighted by molar-refractivity contribution is 6.42. The summed E-state index contributed by atoms with van der Waals surface area (Å²) in [6, 6.07) is 5.02. The van der Waals surface area contributed by atoms with Crippen LogP contribution in [0, 0.1) is 10.1 Å². The normalized spacial score (nSPS) is 10.0. The van der Waals surface area contributed by atoms with E-state index in [1.165, 1.54) is 0 Å². The van der Waals surface area contributed by atoms with Crippen molar-refractivity contribution < 1.29 is 4.92 Å². The highest BCUT2D eigenvalue weighted by Gasteiger charge is 2.02. The zero-order chi connectivity index (χ0) is 9.84. The van der Waals surface area contributed by atoms with Crippen LogP contribution >= 0.6 is 23.2 Å². The van der Waals surface area contributed by atoms with Gasteiger partial charge in [0.15, 0.2) is 0 Å². The maximum Gasteiger partial charge on any atom is 0.207 e. The van der Waals surface area contributed by atoms with Crippen molar-refractivity contribution >= 4 is 23.2 Å². The van der Waals surface area contributed by atoms with Gasteiger partial charge in [-0.3, -0.25) is 10.1 Å². The molecule has 0 bridgehead atoms. The number of nitro groups is 1. The van der Waals surface area contributed by atoms with Crippen molar-refractivity contribution in [3.8, 4) is 0 Å². The highest BCUT2D eigenvalue weighted by Crippen LogP contribution is 2.22. The van der Waals surface area contributed by atoms with Gasteiger partial charge < -0.3 is 0 Å². The molecule has 0 fully saturated rings. The van der Waals surface area contributed by atoms with Gasteiger partial charge in [-0.25, -0.2) is 0 Å². The molecule has 0 heterocycles. The van der Waals surface area contributed by atoms with Crippen LogP contribution in [0.15, 0.2) is 18.2 Å². The van der Waals surface area contributed by atoms with Crippen LogP contribution in [0.25, 0.3) is 0 Å². The molecule has 0 aliphatic carbocycles. The van der Waals surface area contributed by atoms with Gasteiger partial charge in [0.1, 0.15) is 0 Å². The summed E-state index contributed by atoms with van der Waals surface area (Å²) in [7, 11) is 0. The Morgan fingerprint density at radius 2 is 2.00 bits per heavy atom. The van der Waals surface area contributed by atoms with Crippen molar-refractivity contribution in [2.75, 3.05) is 6.54 Å². The summed E-state index contributed by atoms with van der Waals surface area (Å²) in [5.41, 5.74) is 0.825. The lowest BCUT2D eigenvalue weighted by Gasteiger charge is -1.99. The van der Waals surface area contributed by atoms with E-state index in [2.05, 4.69) is 0 Å². The molecule has 0 aliphatic heterocycles. The second kappa shape index (κ2) is 4.44. The third-order valence-corrected chi connectivity index (χ3v) is 2.31. The summed E-state index contributed by atoms with van der Waals surface area (Å²) in [5, 5.41) is 11.0. The Morgan fingerprint density at radius 3 is 2.54 bits per heavy atom. The van der Waals surface area contributed by atoms with Gasteiger partial charge in [-0.1, -0.05) is 29.3 Å². The molecule has 5 heteroatoms. The Morgan fingerprint density at radius 1 is 1.31 bits per heavy atom. The quantitative estimate of drug-likeness (QED) is 0.580. The van der Waals surface area contributed by atoms with Crippen molar-refractivity contribution in [1.29, 1.82) is 0 Å². The predicted molar refractivity (Wildman–Crippen MR) is 52.0 cm³/mol. The summed E-state index contributed by atoms with van der Waals surface area (Å²) < 4.78 is 0. The fourth-order valence-electron chi connectivity index (χ4n) is 0.916. The summed E-state index contributed by atoms with van der Waals surface area (Å²) in [6.45, 7) is -0.0854. The molecule has 1 rings (SSSR count). The Hall–Kier alpha value is -0.800. The van der Waals surface area contributed by atoms with Crippen LogP contribution in [-0.4, -0.2) is 11.5 Å². The van der Waals surface area contributed by atoms with Crippen LogP contribution < -0.4 is 0 Å². The minimum Gasteiger partial charge on any atom is -0.265 e.